The van der Waals surface area contributed by atoms with Gasteiger partial charge in [0.1, 0.15) is 11.3 Å². The van der Waals surface area contributed by atoms with Gasteiger partial charge in [0.25, 0.3) is 10.0 Å². The second-order valence-electron chi connectivity index (χ2n) is 8.51. The molecule has 0 saturated heterocycles. The predicted molar refractivity (Wildman–Crippen MR) is 126 cm³/mol. The van der Waals surface area contributed by atoms with Crippen LogP contribution in [-0.4, -0.2) is 14.3 Å². The van der Waals surface area contributed by atoms with E-state index in [1.165, 1.54) is 24.6 Å². The first kappa shape index (κ1) is 20.6. The van der Waals surface area contributed by atoms with Gasteiger partial charge in [-0.3, -0.25) is 9.52 Å². The first-order valence-electron chi connectivity index (χ1n) is 10.7. The molecule has 1 aliphatic rings. The minimum absolute atomic E-state index is 0.124. The maximum atomic E-state index is 13.2. The van der Waals surface area contributed by atoms with Crippen molar-refractivity contribution in [3.8, 4) is 0 Å². The molecule has 4 aromatic rings. The quantitative estimate of drug-likeness (QED) is 0.433. The average Bonchev–Trinajstić information content (AvgIpc) is 3.11. The molecule has 0 aliphatic heterocycles. The summed E-state index contributed by atoms with van der Waals surface area (Å²) >= 11 is 0. The summed E-state index contributed by atoms with van der Waals surface area (Å²) in [5, 5.41) is 5.30. The number of sulfonamides is 1. The van der Waals surface area contributed by atoms with Crippen LogP contribution in [0.2, 0.25) is 0 Å². The number of hydrogen-bond donors (Lipinski definition) is 2. The van der Waals surface area contributed by atoms with Crippen molar-refractivity contribution in [1.82, 2.24) is 0 Å². The molecule has 1 unspecified atom stereocenters. The van der Waals surface area contributed by atoms with Gasteiger partial charge in [0.05, 0.1) is 10.6 Å². The van der Waals surface area contributed by atoms with Gasteiger partial charge in [0.15, 0.2) is 0 Å². The van der Waals surface area contributed by atoms with Gasteiger partial charge in [-0.05, 0) is 49.1 Å². The summed E-state index contributed by atoms with van der Waals surface area (Å²) in [6.07, 6.45) is 2.93. The Bertz CT molecular complexity index is 1450. The summed E-state index contributed by atoms with van der Waals surface area (Å²) in [6, 6.07) is 15.7. The molecule has 164 valence electrons. The zero-order valence-electron chi connectivity index (χ0n) is 17.9. The minimum atomic E-state index is -3.83. The molecule has 5 rings (SSSR count). The van der Waals surface area contributed by atoms with Gasteiger partial charge in [-0.25, -0.2) is 8.42 Å². The van der Waals surface area contributed by atoms with Crippen LogP contribution in [0.25, 0.3) is 21.7 Å². The Morgan fingerprint density at radius 2 is 1.75 bits per heavy atom. The number of carbonyl (C=O) groups is 1. The van der Waals surface area contributed by atoms with E-state index in [0.717, 1.165) is 46.8 Å². The third kappa shape index (κ3) is 3.62. The SMILES string of the molecule is CC(=O)Nc1ccc(S(=O)(=O)Nc2cc3c4c(oc3c3ccccc23)CC(C)CC4)cc1. The summed E-state index contributed by atoms with van der Waals surface area (Å²) in [7, 11) is -3.83. The fraction of sp³-hybridized carbons (Fsp3) is 0.240. The zero-order chi connectivity index (χ0) is 22.5. The van der Waals surface area contributed by atoms with Crippen LogP contribution in [0.3, 0.4) is 0 Å². The van der Waals surface area contributed by atoms with Crippen molar-refractivity contribution in [3.63, 3.8) is 0 Å². The van der Waals surface area contributed by atoms with E-state index in [4.69, 9.17) is 4.42 Å². The van der Waals surface area contributed by atoms with Crippen LogP contribution in [0.1, 0.15) is 31.6 Å². The monoisotopic (exact) mass is 448 g/mol. The second-order valence-corrected chi connectivity index (χ2v) is 10.2. The molecule has 7 heteroatoms. The summed E-state index contributed by atoms with van der Waals surface area (Å²) in [6.45, 7) is 3.63. The third-order valence-corrected chi connectivity index (χ3v) is 7.41. The van der Waals surface area contributed by atoms with Crippen molar-refractivity contribution >= 4 is 49.0 Å². The maximum absolute atomic E-state index is 13.2. The number of hydrogen-bond acceptors (Lipinski definition) is 4. The Balaban J connectivity index is 1.59. The molecule has 0 fully saturated rings. The van der Waals surface area contributed by atoms with E-state index in [9.17, 15) is 13.2 Å². The number of rotatable bonds is 4. The fourth-order valence-corrected chi connectivity index (χ4v) is 5.55. The topological polar surface area (TPSA) is 88.4 Å². The summed E-state index contributed by atoms with van der Waals surface area (Å²) in [5.74, 6) is 1.38. The number of amides is 1. The Hall–Kier alpha value is -3.32. The van der Waals surface area contributed by atoms with E-state index in [1.807, 2.05) is 30.3 Å². The Morgan fingerprint density at radius 1 is 1.03 bits per heavy atom. The van der Waals surface area contributed by atoms with E-state index < -0.39 is 10.0 Å². The lowest BCUT2D eigenvalue weighted by molar-refractivity contribution is -0.114. The number of benzene rings is 3. The number of fused-ring (bicyclic) bond motifs is 5. The van der Waals surface area contributed by atoms with E-state index in [-0.39, 0.29) is 10.8 Å². The van der Waals surface area contributed by atoms with Crippen molar-refractivity contribution < 1.29 is 17.6 Å². The molecule has 1 aliphatic carbocycles. The second kappa shape index (κ2) is 7.67. The molecule has 2 N–H and O–H groups in total. The third-order valence-electron chi connectivity index (χ3n) is 6.03. The molecule has 1 heterocycles. The number of anilines is 2. The fourth-order valence-electron chi connectivity index (χ4n) is 4.47. The lowest BCUT2D eigenvalue weighted by Crippen LogP contribution is -2.13. The Labute approximate surface area is 186 Å². The van der Waals surface area contributed by atoms with E-state index in [1.54, 1.807) is 12.1 Å². The van der Waals surface area contributed by atoms with Crippen LogP contribution >= 0.6 is 0 Å². The van der Waals surface area contributed by atoms with Gasteiger partial charge in [-0.15, -0.1) is 0 Å². The first-order chi connectivity index (χ1) is 15.3. The molecule has 3 aromatic carbocycles. The molecular weight excluding hydrogens is 424 g/mol. The van der Waals surface area contributed by atoms with Gasteiger partial charge < -0.3 is 9.73 Å². The van der Waals surface area contributed by atoms with Crippen LogP contribution in [-0.2, 0) is 27.7 Å². The van der Waals surface area contributed by atoms with Crippen molar-refractivity contribution in [1.29, 1.82) is 0 Å². The predicted octanol–water partition coefficient (Wildman–Crippen LogP) is 5.47. The molecule has 0 spiro atoms. The van der Waals surface area contributed by atoms with Crippen LogP contribution < -0.4 is 10.0 Å². The maximum Gasteiger partial charge on any atom is 0.261 e. The summed E-state index contributed by atoms with van der Waals surface area (Å²) in [5.41, 5.74) is 3.08. The highest BCUT2D eigenvalue weighted by Crippen LogP contribution is 2.40. The highest BCUT2D eigenvalue weighted by Gasteiger charge is 2.25. The largest absolute Gasteiger partial charge is 0.460 e. The lowest BCUT2D eigenvalue weighted by Gasteiger charge is -2.16. The lowest BCUT2D eigenvalue weighted by atomic mass is 9.88. The molecule has 1 aromatic heterocycles. The van der Waals surface area contributed by atoms with E-state index in [0.29, 0.717) is 17.3 Å². The molecule has 0 bridgehead atoms. The molecule has 1 amide bonds. The van der Waals surface area contributed by atoms with Crippen molar-refractivity contribution in [2.75, 3.05) is 10.0 Å². The standard InChI is InChI=1S/C25H24N2O4S/c1-15-7-12-20-22-14-23(19-5-3-4-6-21(19)25(22)31-24(20)13-15)27-32(29,30)18-10-8-17(9-11-18)26-16(2)28/h3-6,8-11,14-15,27H,7,12-13H2,1-2H3,(H,26,28). The molecule has 0 saturated carbocycles. The summed E-state index contributed by atoms with van der Waals surface area (Å²) in [4.78, 5) is 11.3. The minimum Gasteiger partial charge on any atom is -0.460 e. The van der Waals surface area contributed by atoms with Crippen LogP contribution in [0, 0.1) is 5.92 Å². The van der Waals surface area contributed by atoms with Crippen molar-refractivity contribution in [3.05, 3.63) is 65.9 Å². The van der Waals surface area contributed by atoms with Gasteiger partial charge in [-0.2, -0.15) is 0 Å². The zero-order valence-corrected chi connectivity index (χ0v) is 18.8. The van der Waals surface area contributed by atoms with Gasteiger partial charge >= 0.3 is 0 Å². The highest BCUT2D eigenvalue weighted by atomic mass is 32.2. The molecule has 0 radical (unpaired) electrons. The summed E-state index contributed by atoms with van der Waals surface area (Å²) < 4.78 is 35.4. The first-order valence-corrected chi connectivity index (χ1v) is 12.2. The van der Waals surface area contributed by atoms with Gasteiger partial charge in [-0.1, -0.05) is 31.2 Å². The van der Waals surface area contributed by atoms with Crippen LogP contribution in [0.5, 0.6) is 0 Å². The smallest absolute Gasteiger partial charge is 0.261 e. The Kier molecular flexibility index (Phi) is 4.93. The Morgan fingerprint density at radius 3 is 2.47 bits per heavy atom. The number of furan rings is 1. The van der Waals surface area contributed by atoms with Crippen LogP contribution in [0.15, 0.2) is 63.9 Å². The molecular formula is C25H24N2O4S. The molecule has 32 heavy (non-hydrogen) atoms. The van der Waals surface area contributed by atoms with Gasteiger partial charge in [0, 0.05) is 40.8 Å². The van der Waals surface area contributed by atoms with Crippen molar-refractivity contribution in [2.24, 2.45) is 5.92 Å². The molecule has 6 nitrogen and oxygen atoms in total. The van der Waals surface area contributed by atoms with E-state index >= 15 is 0 Å². The molecule has 1 atom stereocenters. The van der Waals surface area contributed by atoms with E-state index in [2.05, 4.69) is 17.0 Å². The number of nitrogens with one attached hydrogen (secondary N) is 2. The number of carbonyl (C=O) groups excluding carboxylic acids is 1. The average molecular weight is 449 g/mol. The number of aryl methyl sites for hydroxylation is 1. The van der Waals surface area contributed by atoms with Gasteiger partial charge in [0.2, 0.25) is 5.91 Å². The van der Waals surface area contributed by atoms with Crippen LogP contribution in [0.4, 0.5) is 11.4 Å². The highest BCUT2D eigenvalue weighted by molar-refractivity contribution is 7.92. The van der Waals surface area contributed by atoms with Crippen molar-refractivity contribution in [2.45, 2.75) is 38.0 Å². The normalized spacial score (nSPS) is 16.1.